The van der Waals surface area contributed by atoms with E-state index in [9.17, 15) is 18.8 Å². The monoisotopic (exact) mass is 416 g/mol. The highest BCUT2D eigenvalue weighted by molar-refractivity contribution is 7.17. The Bertz CT molecular complexity index is 1090. The van der Waals surface area contributed by atoms with Crippen LogP contribution in [0.5, 0.6) is 0 Å². The number of amides is 3. The molecule has 0 bridgehead atoms. The summed E-state index contributed by atoms with van der Waals surface area (Å²) in [5.41, 5.74) is 0.915. The van der Waals surface area contributed by atoms with Crippen molar-refractivity contribution in [3.05, 3.63) is 52.1 Å². The van der Waals surface area contributed by atoms with Gasteiger partial charge in [0.1, 0.15) is 17.2 Å². The second kappa shape index (κ2) is 8.95. The first-order chi connectivity index (χ1) is 13.8. The number of carbonyl (C=O) groups is 2. The summed E-state index contributed by atoms with van der Waals surface area (Å²) >= 11 is 1.29. The maximum atomic E-state index is 13.2. The van der Waals surface area contributed by atoms with E-state index < -0.39 is 17.5 Å². The van der Waals surface area contributed by atoms with Crippen molar-refractivity contribution in [2.24, 2.45) is 5.92 Å². The van der Waals surface area contributed by atoms with E-state index in [1.54, 1.807) is 17.5 Å². The van der Waals surface area contributed by atoms with Crippen LogP contribution in [0, 0.1) is 11.7 Å². The fraction of sp³-hybridized carbons (Fsp3) is 0.300. The van der Waals surface area contributed by atoms with Crippen molar-refractivity contribution in [2.45, 2.75) is 26.8 Å². The fourth-order valence-electron chi connectivity index (χ4n) is 2.76. The SMILES string of the molecule is CC(C)CCNC(=O)NC(=O)Cn1cnc2scc(-c3ccc(F)cc3)c2c1=O. The second-order valence-corrected chi connectivity index (χ2v) is 7.86. The van der Waals surface area contributed by atoms with Crippen LogP contribution in [0.3, 0.4) is 0 Å². The zero-order valence-corrected chi connectivity index (χ0v) is 16.9. The second-order valence-electron chi connectivity index (χ2n) is 7.00. The number of rotatable bonds is 6. The highest BCUT2D eigenvalue weighted by Crippen LogP contribution is 2.30. The van der Waals surface area contributed by atoms with E-state index in [1.165, 1.54) is 29.8 Å². The smallest absolute Gasteiger partial charge is 0.321 e. The molecule has 0 aliphatic carbocycles. The maximum Gasteiger partial charge on any atom is 0.321 e. The van der Waals surface area contributed by atoms with E-state index in [-0.39, 0.29) is 12.4 Å². The Hall–Kier alpha value is -3.07. The summed E-state index contributed by atoms with van der Waals surface area (Å²) in [6, 6.07) is 5.21. The average Bonchev–Trinajstić information content (AvgIpc) is 3.09. The molecule has 1 aromatic carbocycles. The number of aromatic nitrogens is 2. The van der Waals surface area contributed by atoms with Crippen LogP contribution in [0.4, 0.5) is 9.18 Å². The van der Waals surface area contributed by atoms with Gasteiger partial charge in [0.2, 0.25) is 5.91 Å². The van der Waals surface area contributed by atoms with Crippen LogP contribution in [0.2, 0.25) is 0 Å². The molecule has 0 saturated heterocycles. The lowest BCUT2D eigenvalue weighted by Crippen LogP contribution is -2.42. The van der Waals surface area contributed by atoms with Crippen molar-refractivity contribution < 1.29 is 14.0 Å². The molecule has 9 heteroatoms. The molecule has 0 saturated carbocycles. The molecule has 29 heavy (non-hydrogen) atoms. The van der Waals surface area contributed by atoms with Crippen molar-refractivity contribution in [3.63, 3.8) is 0 Å². The molecule has 3 aromatic rings. The minimum absolute atomic E-state index is 0.335. The first kappa shape index (κ1) is 20.7. The summed E-state index contributed by atoms with van der Waals surface area (Å²) in [7, 11) is 0. The summed E-state index contributed by atoms with van der Waals surface area (Å²) in [5, 5.41) is 6.95. The van der Waals surface area contributed by atoms with Gasteiger partial charge >= 0.3 is 6.03 Å². The molecule has 3 rings (SSSR count). The molecule has 0 aliphatic rings. The van der Waals surface area contributed by atoms with Gasteiger partial charge < -0.3 is 5.32 Å². The number of carbonyl (C=O) groups excluding carboxylic acids is 2. The lowest BCUT2D eigenvalue weighted by Gasteiger charge is -2.09. The van der Waals surface area contributed by atoms with Gasteiger partial charge in [-0.3, -0.25) is 19.5 Å². The van der Waals surface area contributed by atoms with E-state index in [0.29, 0.717) is 33.8 Å². The first-order valence-electron chi connectivity index (χ1n) is 9.15. The lowest BCUT2D eigenvalue weighted by atomic mass is 10.1. The van der Waals surface area contributed by atoms with Gasteiger partial charge in [0.25, 0.3) is 5.56 Å². The summed E-state index contributed by atoms with van der Waals surface area (Å²) in [6.45, 7) is 4.19. The molecule has 152 valence electrons. The van der Waals surface area contributed by atoms with Crippen molar-refractivity contribution in [3.8, 4) is 11.1 Å². The van der Waals surface area contributed by atoms with Crippen molar-refractivity contribution >= 4 is 33.5 Å². The summed E-state index contributed by atoms with van der Waals surface area (Å²) < 4.78 is 14.3. The van der Waals surface area contributed by atoms with Crippen LogP contribution in [0.1, 0.15) is 20.3 Å². The molecule has 2 aromatic heterocycles. The van der Waals surface area contributed by atoms with Crippen LogP contribution >= 0.6 is 11.3 Å². The first-order valence-corrected chi connectivity index (χ1v) is 10.0. The Morgan fingerprint density at radius 3 is 2.66 bits per heavy atom. The van der Waals surface area contributed by atoms with Crippen molar-refractivity contribution in [1.29, 1.82) is 0 Å². The van der Waals surface area contributed by atoms with Gasteiger partial charge in [0.15, 0.2) is 0 Å². The van der Waals surface area contributed by atoms with Crippen LogP contribution < -0.4 is 16.2 Å². The molecule has 3 amide bonds. The zero-order chi connectivity index (χ0) is 21.0. The molecule has 0 unspecified atom stereocenters. The molecule has 0 fully saturated rings. The summed E-state index contributed by atoms with van der Waals surface area (Å²) in [4.78, 5) is 41.6. The highest BCUT2D eigenvalue weighted by Gasteiger charge is 2.15. The minimum Gasteiger partial charge on any atom is -0.338 e. The largest absolute Gasteiger partial charge is 0.338 e. The normalized spacial score (nSPS) is 11.0. The standard InChI is InChI=1S/C20H21FN4O3S/c1-12(2)7-8-22-20(28)24-16(26)9-25-11-23-18-17(19(25)27)15(10-29-18)13-3-5-14(21)6-4-13/h3-6,10-12H,7-9H2,1-2H3,(H2,22,24,26,28). The Balaban J connectivity index is 1.77. The molecule has 0 radical (unpaired) electrons. The number of nitrogens with one attached hydrogen (secondary N) is 2. The van der Waals surface area contributed by atoms with Gasteiger partial charge in [-0.15, -0.1) is 11.3 Å². The number of fused-ring (bicyclic) bond motifs is 1. The van der Waals surface area contributed by atoms with Crippen LogP contribution in [-0.2, 0) is 11.3 Å². The average molecular weight is 416 g/mol. The van der Waals surface area contributed by atoms with Crippen molar-refractivity contribution in [1.82, 2.24) is 20.2 Å². The van der Waals surface area contributed by atoms with E-state index in [1.807, 2.05) is 13.8 Å². The van der Waals surface area contributed by atoms with Gasteiger partial charge in [-0.25, -0.2) is 14.2 Å². The molecule has 2 N–H and O–H groups in total. The third-order valence-corrected chi connectivity index (χ3v) is 5.18. The fourth-order valence-corrected chi connectivity index (χ4v) is 3.67. The lowest BCUT2D eigenvalue weighted by molar-refractivity contribution is -0.120. The van der Waals surface area contributed by atoms with E-state index >= 15 is 0 Å². The Morgan fingerprint density at radius 1 is 1.24 bits per heavy atom. The zero-order valence-electron chi connectivity index (χ0n) is 16.1. The predicted octanol–water partition coefficient (Wildman–Crippen LogP) is 3.14. The molecule has 0 spiro atoms. The molecular weight excluding hydrogens is 395 g/mol. The number of imide groups is 1. The van der Waals surface area contributed by atoms with Gasteiger partial charge in [-0.1, -0.05) is 26.0 Å². The third kappa shape index (κ3) is 5.05. The summed E-state index contributed by atoms with van der Waals surface area (Å²) in [6.07, 6.45) is 2.08. The topological polar surface area (TPSA) is 93.1 Å². The van der Waals surface area contributed by atoms with E-state index in [4.69, 9.17) is 0 Å². The summed E-state index contributed by atoms with van der Waals surface area (Å²) in [5.74, 6) is -0.552. The number of hydrogen-bond donors (Lipinski definition) is 2. The van der Waals surface area contributed by atoms with Gasteiger partial charge in [-0.2, -0.15) is 0 Å². The van der Waals surface area contributed by atoms with Gasteiger partial charge in [-0.05, 0) is 30.0 Å². The molecule has 0 atom stereocenters. The number of hydrogen-bond acceptors (Lipinski definition) is 5. The Labute approximate surface area is 170 Å². The van der Waals surface area contributed by atoms with Gasteiger partial charge in [0, 0.05) is 17.5 Å². The van der Waals surface area contributed by atoms with Crippen molar-refractivity contribution in [2.75, 3.05) is 6.54 Å². The third-order valence-electron chi connectivity index (χ3n) is 4.29. The molecule has 7 nitrogen and oxygen atoms in total. The van der Waals surface area contributed by atoms with E-state index in [2.05, 4.69) is 15.6 Å². The number of thiophene rings is 1. The molecule has 2 heterocycles. The number of nitrogens with zero attached hydrogens (tertiary/aromatic N) is 2. The van der Waals surface area contributed by atoms with Crippen LogP contribution in [0.25, 0.3) is 21.3 Å². The molecule has 0 aliphatic heterocycles. The predicted molar refractivity (Wildman–Crippen MR) is 110 cm³/mol. The minimum atomic E-state index is -0.617. The maximum absolute atomic E-state index is 13.2. The quantitative estimate of drug-likeness (QED) is 0.646. The van der Waals surface area contributed by atoms with Crippen LogP contribution in [0.15, 0.2) is 40.8 Å². The number of halogens is 1. The number of urea groups is 1. The highest BCUT2D eigenvalue weighted by atomic mass is 32.1. The van der Waals surface area contributed by atoms with E-state index in [0.717, 1.165) is 11.0 Å². The van der Waals surface area contributed by atoms with Gasteiger partial charge in [0.05, 0.1) is 11.7 Å². The molecular formula is C20H21FN4O3S. The van der Waals surface area contributed by atoms with Crippen LogP contribution in [-0.4, -0.2) is 28.0 Å². The Kier molecular flexibility index (Phi) is 6.38. The number of benzene rings is 1. The Morgan fingerprint density at radius 2 is 1.97 bits per heavy atom.